The van der Waals surface area contributed by atoms with Crippen molar-refractivity contribution in [2.45, 2.75) is 40.0 Å². The number of halogens is 1. The zero-order valence-corrected chi connectivity index (χ0v) is 17.0. The number of hydrogen-bond donors (Lipinski definition) is 1. The number of anilines is 3. The maximum absolute atomic E-state index is 6.19. The second-order valence-electron chi connectivity index (χ2n) is 6.68. The van der Waals surface area contributed by atoms with Gasteiger partial charge in [-0.15, -0.1) is 11.3 Å². The van der Waals surface area contributed by atoms with E-state index >= 15 is 0 Å². The van der Waals surface area contributed by atoms with Gasteiger partial charge in [-0.05, 0) is 81.0 Å². The Labute approximate surface area is 163 Å². The summed E-state index contributed by atoms with van der Waals surface area (Å²) in [6.07, 6.45) is 3.47. The smallest absolute Gasteiger partial charge is 0.225 e. The molecule has 0 fully saturated rings. The molecule has 6 heteroatoms. The molecular weight excluding hydrogens is 364 g/mol. The largest absolute Gasteiger partial charge is 0.372 e. The number of nitrogens with one attached hydrogen (secondary N) is 1. The van der Waals surface area contributed by atoms with Gasteiger partial charge in [0.2, 0.25) is 5.28 Å². The van der Waals surface area contributed by atoms with Crippen molar-refractivity contribution in [3.63, 3.8) is 0 Å². The normalized spacial score (nSPS) is 13.2. The van der Waals surface area contributed by atoms with Crippen LogP contribution in [0.5, 0.6) is 0 Å². The highest BCUT2D eigenvalue weighted by atomic mass is 35.5. The van der Waals surface area contributed by atoms with Crippen molar-refractivity contribution < 1.29 is 0 Å². The topological polar surface area (TPSA) is 41.0 Å². The predicted octanol–water partition coefficient (Wildman–Crippen LogP) is 5.73. The molecule has 136 valence electrons. The maximum Gasteiger partial charge on any atom is 0.225 e. The van der Waals surface area contributed by atoms with Crippen molar-refractivity contribution in [2.75, 3.05) is 23.3 Å². The van der Waals surface area contributed by atoms with Crippen molar-refractivity contribution in [1.82, 2.24) is 9.97 Å². The van der Waals surface area contributed by atoms with Gasteiger partial charge in [-0.25, -0.2) is 4.98 Å². The summed E-state index contributed by atoms with van der Waals surface area (Å²) >= 11 is 7.95. The molecule has 0 spiro atoms. The summed E-state index contributed by atoms with van der Waals surface area (Å²) in [5.41, 5.74) is 4.92. The summed E-state index contributed by atoms with van der Waals surface area (Å²) in [6, 6.07) is 6.53. The van der Waals surface area contributed by atoms with Gasteiger partial charge in [0.25, 0.3) is 0 Å². The molecule has 4 rings (SSSR count). The van der Waals surface area contributed by atoms with Crippen LogP contribution in [0, 0.1) is 6.92 Å². The molecule has 1 aliphatic rings. The summed E-state index contributed by atoms with van der Waals surface area (Å²) in [4.78, 5) is 13.7. The van der Waals surface area contributed by atoms with Crippen LogP contribution < -0.4 is 10.2 Å². The molecule has 0 aliphatic heterocycles. The number of nitrogens with zero attached hydrogens (tertiary/aromatic N) is 3. The zero-order valence-electron chi connectivity index (χ0n) is 15.4. The predicted molar refractivity (Wildman–Crippen MR) is 112 cm³/mol. The lowest BCUT2D eigenvalue weighted by atomic mass is 10.1. The van der Waals surface area contributed by atoms with Crippen LogP contribution in [-0.2, 0) is 12.8 Å². The Morgan fingerprint density at radius 3 is 2.73 bits per heavy atom. The van der Waals surface area contributed by atoms with E-state index in [9.17, 15) is 0 Å². The van der Waals surface area contributed by atoms with Crippen molar-refractivity contribution in [3.05, 3.63) is 39.5 Å². The monoisotopic (exact) mass is 386 g/mol. The summed E-state index contributed by atoms with van der Waals surface area (Å²) < 4.78 is 0. The van der Waals surface area contributed by atoms with E-state index in [0.29, 0.717) is 5.28 Å². The molecule has 0 radical (unpaired) electrons. The molecular formula is C20H23ClN4S. The number of thiophene rings is 1. The first kappa shape index (κ1) is 17.6. The number of aryl methyl sites for hydroxylation is 3. The van der Waals surface area contributed by atoms with Crippen LogP contribution in [0.2, 0.25) is 5.28 Å². The second-order valence-corrected chi connectivity index (χ2v) is 8.10. The first-order valence-corrected chi connectivity index (χ1v) is 10.4. The number of rotatable bonds is 5. The number of aromatic nitrogens is 2. The lowest BCUT2D eigenvalue weighted by Crippen LogP contribution is -2.21. The quantitative estimate of drug-likeness (QED) is 0.568. The van der Waals surface area contributed by atoms with E-state index < -0.39 is 0 Å². The van der Waals surface area contributed by atoms with Crippen LogP contribution in [0.3, 0.4) is 0 Å². The lowest BCUT2D eigenvalue weighted by Gasteiger charge is -2.22. The molecule has 0 atom stereocenters. The third kappa shape index (κ3) is 3.03. The Kier molecular flexibility index (Phi) is 4.76. The van der Waals surface area contributed by atoms with Gasteiger partial charge >= 0.3 is 0 Å². The molecule has 2 aromatic heterocycles. The molecule has 0 unspecified atom stereocenters. The van der Waals surface area contributed by atoms with E-state index in [2.05, 4.69) is 59.2 Å². The molecule has 0 saturated carbocycles. The van der Waals surface area contributed by atoms with E-state index in [0.717, 1.165) is 47.7 Å². The minimum atomic E-state index is 0.303. The van der Waals surface area contributed by atoms with Crippen LogP contribution in [0.15, 0.2) is 18.2 Å². The van der Waals surface area contributed by atoms with Crippen LogP contribution >= 0.6 is 22.9 Å². The first-order valence-electron chi connectivity index (χ1n) is 9.21. The van der Waals surface area contributed by atoms with Crippen molar-refractivity contribution in [2.24, 2.45) is 0 Å². The minimum Gasteiger partial charge on any atom is -0.372 e. The van der Waals surface area contributed by atoms with E-state index in [-0.39, 0.29) is 0 Å². The summed E-state index contributed by atoms with van der Waals surface area (Å²) in [7, 11) is 0. The Balaban J connectivity index is 1.74. The molecule has 3 aromatic rings. The fourth-order valence-corrected chi connectivity index (χ4v) is 5.24. The standard InChI is InChI=1S/C20H23ClN4S/c1-4-25(5-2)13-9-10-15(12(3)11-13)22-18-17-14-7-6-8-16(14)26-19(17)24-20(21)23-18/h9-11H,4-8H2,1-3H3,(H,22,23,24). The third-order valence-electron chi connectivity index (χ3n) is 5.13. The van der Waals surface area contributed by atoms with Crippen LogP contribution in [0.4, 0.5) is 17.2 Å². The molecule has 2 heterocycles. The highest BCUT2D eigenvalue weighted by molar-refractivity contribution is 7.19. The average Bonchev–Trinajstić information content (AvgIpc) is 3.18. The molecule has 1 N–H and O–H groups in total. The van der Waals surface area contributed by atoms with E-state index in [4.69, 9.17) is 11.6 Å². The van der Waals surface area contributed by atoms with Gasteiger partial charge in [0.1, 0.15) is 10.6 Å². The number of benzene rings is 1. The fraction of sp³-hybridized carbons (Fsp3) is 0.400. The van der Waals surface area contributed by atoms with E-state index in [1.165, 1.54) is 28.1 Å². The molecule has 26 heavy (non-hydrogen) atoms. The molecule has 1 aromatic carbocycles. The first-order chi connectivity index (χ1) is 12.6. The number of fused-ring (bicyclic) bond motifs is 3. The van der Waals surface area contributed by atoms with Crippen molar-refractivity contribution in [3.8, 4) is 0 Å². The average molecular weight is 387 g/mol. The lowest BCUT2D eigenvalue weighted by molar-refractivity contribution is 0.866. The van der Waals surface area contributed by atoms with Gasteiger partial charge in [0, 0.05) is 29.3 Å². The summed E-state index contributed by atoms with van der Waals surface area (Å²) in [5, 5.41) is 4.98. The zero-order chi connectivity index (χ0) is 18.3. The Hall–Kier alpha value is -1.85. The third-order valence-corrected chi connectivity index (χ3v) is 6.48. The van der Waals surface area contributed by atoms with Gasteiger partial charge in [-0.1, -0.05) is 0 Å². The Morgan fingerprint density at radius 2 is 2.00 bits per heavy atom. The van der Waals surface area contributed by atoms with E-state index in [1.807, 2.05) is 0 Å². The van der Waals surface area contributed by atoms with Crippen LogP contribution in [-0.4, -0.2) is 23.1 Å². The molecule has 0 amide bonds. The molecule has 0 saturated heterocycles. The maximum atomic E-state index is 6.19. The van der Waals surface area contributed by atoms with Gasteiger partial charge in [0.05, 0.1) is 5.39 Å². The Bertz CT molecular complexity index is 962. The van der Waals surface area contributed by atoms with Gasteiger partial charge in [-0.2, -0.15) is 4.98 Å². The summed E-state index contributed by atoms with van der Waals surface area (Å²) in [5.74, 6) is 0.832. The van der Waals surface area contributed by atoms with Crippen molar-refractivity contribution >= 4 is 50.3 Å². The van der Waals surface area contributed by atoms with E-state index in [1.54, 1.807) is 11.3 Å². The second kappa shape index (κ2) is 7.05. The highest BCUT2D eigenvalue weighted by Gasteiger charge is 2.22. The molecule has 1 aliphatic carbocycles. The SMILES string of the molecule is CCN(CC)c1ccc(Nc2nc(Cl)nc3sc4c(c23)CCC4)c(C)c1. The molecule has 0 bridgehead atoms. The Morgan fingerprint density at radius 1 is 1.19 bits per heavy atom. The highest BCUT2D eigenvalue weighted by Crippen LogP contribution is 2.41. The van der Waals surface area contributed by atoms with Crippen LogP contribution in [0.1, 0.15) is 36.3 Å². The van der Waals surface area contributed by atoms with Crippen molar-refractivity contribution in [1.29, 1.82) is 0 Å². The van der Waals surface area contributed by atoms with Gasteiger partial charge in [0.15, 0.2) is 0 Å². The van der Waals surface area contributed by atoms with Gasteiger partial charge in [-0.3, -0.25) is 0 Å². The minimum absolute atomic E-state index is 0.303. The summed E-state index contributed by atoms with van der Waals surface area (Å²) in [6.45, 7) is 8.51. The number of hydrogen-bond acceptors (Lipinski definition) is 5. The van der Waals surface area contributed by atoms with Crippen LogP contribution in [0.25, 0.3) is 10.2 Å². The molecule has 4 nitrogen and oxygen atoms in total. The fourth-order valence-electron chi connectivity index (χ4n) is 3.76. The van der Waals surface area contributed by atoms with Gasteiger partial charge < -0.3 is 10.2 Å².